The largest absolute Gasteiger partial charge is 0.399 e. The van der Waals surface area contributed by atoms with Crippen molar-refractivity contribution in [2.75, 3.05) is 5.73 Å². The summed E-state index contributed by atoms with van der Waals surface area (Å²) in [5.41, 5.74) is 7.36. The van der Waals surface area contributed by atoms with Crippen LogP contribution in [0.25, 0.3) is 0 Å². The van der Waals surface area contributed by atoms with Gasteiger partial charge in [-0.05, 0) is 48.0 Å². The first-order chi connectivity index (χ1) is 8.91. The van der Waals surface area contributed by atoms with Gasteiger partial charge < -0.3 is 5.73 Å². The van der Waals surface area contributed by atoms with Gasteiger partial charge in [-0.1, -0.05) is 15.9 Å². The number of halogens is 2. The lowest BCUT2D eigenvalue weighted by atomic mass is 10.1. The van der Waals surface area contributed by atoms with Gasteiger partial charge in [0.2, 0.25) is 5.78 Å². The molecular formula is C13H13Br2N3O. The van der Waals surface area contributed by atoms with E-state index in [1.54, 1.807) is 29.1 Å². The first-order valence-corrected chi connectivity index (χ1v) is 7.33. The lowest BCUT2D eigenvalue weighted by molar-refractivity contribution is 0.102. The molecule has 1 aromatic heterocycles. The van der Waals surface area contributed by atoms with Crippen molar-refractivity contribution in [2.24, 2.45) is 0 Å². The van der Waals surface area contributed by atoms with Crippen LogP contribution in [-0.4, -0.2) is 15.6 Å². The summed E-state index contributed by atoms with van der Waals surface area (Å²) in [6, 6.07) is 5.28. The van der Waals surface area contributed by atoms with Crippen LogP contribution in [0, 0.1) is 0 Å². The molecule has 0 saturated heterocycles. The van der Waals surface area contributed by atoms with E-state index in [1.807, 2.05) is 13.8 Å². The van der Waals surface area contributed by atoms with Crippen molar-refractivity contribution < 1.29 is 4.79 Å². The van der Waals surface area contributed by atoms with Gasteiger partial charge in [-0.2, -0.15) is 5.10 Å². The number of hydrogen-bond donors (Lipinski definition) is 1. The zero-order valence-corrected chi connectivity index (χ0v) is 13.7. The molecule has 6 heteroatoms. The maximum atomic E-state index is 12.7. The van der Waals surface area contributed by atoms with Crippen LogP contribution in [0.1, 0.15) is 35.9 Å². The minimum atomic E-state index is -0.114. The zero-order valence-electron chi connectivity index (χ0n) is 10.5. The molecule has 0 spiro atoms. The van der Waals surface area contributed by atoms with Gasteiger partial charge in [0.05, 0.1) is 10.7 Å². The van der Waals surface area contributed by atoms with Crippen molar-refractivity contribution in [2.45, 2.75) is 19.9 Å². The number of hydrogen-bond acceptors (Lipinski definition) is 3. The van der Waals surface area contributed by atoms with E-state index in [9.17, 15) is 4.79 Å². The SMILES string of the molecule is CC(C)n1ncc(Br)c1C(=O)c1cc(N)ccc1Br. The minimum absolute atomic E-state index is 0.102. The molecule has 0 atom stereocenters. The standard InChI is InChI=1S/C13H13Br2N3O/c1-7(2)18-12(11(15)6-17-18)13(19)9-5-8(16)3-4-10(9)14/h3-7H,16H2,1-2H3. The Hall–Kier alpha value is -1.14. The predicted molar refractivity (Wildman–Crippen MR) is 82.3 cm³/mol. The topological polar surface area (TPSA) is 60.9 Å². The molecule has 1 heterocycles. The number of nitrogen functional groups attached to an aromatic ring is 1. The fourth-order valence-corrected chi connectivity index (χ4v) is 2.67. The molecule has 0 fully saturated rings. The Morgan fingerprint density at radius 1 is 1.32 bits per heavy atom. The number of nitrogens with zero attached hydrogens (tertiary/aromatic N) is 2. The fraction of sp³-hybridized carbons (Fsp3) is 0.231. The third-order valence-electron chi connectivity index (χ3n) is 2.69. The van der Waals surface area contributed by atoms with E-state index in [-0.39, 0.29) is 11.8 Å². The van der Waals surface area contributed by atoms with Gasteiger partial charge >= 0.3 is 0 Å². The summed E-state index contributed by atoms with van der Waals surface area (Å²) in [4.78, 5) is 12.7. The van der Waals surface area contributed by atoms with Crippen LogP contribution in [0.4, 0.5) is 5.69 Å². The summed E-state index contributed by atoms with van der Waals surface area (Å²) in [5, 5.41) is 4.22. The highest BCUT2D eigenvalue weighted by Gasteiger charge is 2.22. The Morgan fingerprint density at radius 3 is 2.63 bits per heavy atom. The Morgan fingerprint density at radius 2 is 2.00 bits per heavy atom. The van der Waals surface area contributed by atoms with Crippen LogP contribution in [0.3, 0.4) is 0 Å². The Bertz CT molecular complexity index is 635. The molecule has 0 aliphatic heterocycles. The summed E-state index contributed by atoms with van der Waals surface area (Å²) in [6.07, 6.45) is 1.63. The second-order valence-corrected chi connectivity index (χ2v) is 6.16. The number of anilines is 1. The lowest BCUT2D eigenvalue weighted by Gasteiger charge is -2.11. The predicted octanol–water partition coefficient (Wildman–Crippen LogP) is 3.80. The Balaban J connectivity index is 2.56. The summed E-state index contributed by atoms with van der Waals surface area (Å²) in [6.45, 7) is 3.95. The molecule has 0 radical (unpaired) electrons. The van der Waals surface area contributed by atoms with Crippen molar-refractivity contribution in [3.8, 4) is 0 Å². The molecule has 0 aliphatic carbocycles. The van der Waals surface area contributed by atoms with Crippen LogP contribution in [0.2, 0.25) is 0 Å². The third kappa shape index (κ3) is 2.74. The molecule has 2 N–H and O–H groups in total. The van der Waals surface area contributed by atoms with Crippen molar-refractivity contribution in [1.82, 2.24) is 9.78 Å². The van der Waals surface area contributed by atoms with E-state index >= 15 is 0 Å². The van der Waals surface area contributed by atoms with Gasteiger partial charge in [-0.15, -0.1) is 0 Å². The average molecular weight is 387 g/mol. The number of ketones is 1. The highest BCUT2D eigenvalue weighted by molar-refractivity contribution is 9.10. The maximum absolute atomic E-state index is 12.7. The van der Waals surface area contributed by atoms with Crippen LogP contribution in [-0.2, 0) is 0 Å². The molecule has 1 aromatic carbocycles. The number of rotatable bonds is 3. The molecule has 0 unspecified atom stereocenters. The molecular weight excluding hydrogens is 374 g/mol. The monoisotopic (exact) mass is 385 g/mol. The average Bonchev–Trinajstić information content (AvgIpc) is 2.73. The quantitative estimate of drug-likeness (QED) is 0.644. The zero-order chi connectivity index (χ0) is 14.2. The van der Waals surface area contributed by atoms with Crippen molar-refractivity contribution in [3.63, 3.8) is 0 Å². The van der Waals surface area contributed by atoms with E-state index in [1.165, 1.54) is 0 Å². The van der Waals surface area contributed by atoms with Gasteiger partial charge in [0.1, 0.15) is 5.69 Å². The molecule has 100 valence electrons. The third-order valence-corrected chi connectivity index (χ3v) is 3.96. The second-order valence-electron chi connectivity index (χ2n) is 4.45. The van der Waals surface area contributed by atoms with Crippen molar-refractivity contribution >= 4 is 43.3 Å². The fourth-order valence-electron chi connectivity index (χ4n) is 1.79. The molecule has 0 aliphatic rings. The van der Waals surface area contributed by atoms with Crippen molar-refractivity contribution in [1.29, 1.82) is 0 Å². The van der Waals surface area contributed by atoms with Crippen LogP contribution in [0.5, 0.6) is 0 Å². The molecule has 0 amide bonds. The van der Waals surface area contributed by atoms with Gasteiger partial charge in [-0.25, -0.2) is 0 Å². The van der Waals surface area contributed by atoms with Gasteiger partial charge in [0, 0.05) is 21.8 Å². The first kappa shape index (κ1) is 14.3. The number of aromatic nitrogens is 2. The molecule has 2 aromatic rings. The first-order valence-electron chi connectivity index (χ1n) is 5.74. The van der Waals surface area contributed by atoms with Gasteiger partial charge in [-0.3, -0.25) is 9.48 Å². The van der Waals surface area contributed by atoms with E-state index in [2.05, 4.69) is 37.0 Å². The Labute approximate surface area is 128 Å². The van der Waals surface area contributed by atoms with Crippen LogP contribution in [0.15, 0.2) is 33.3 Å². The van der Waals surface area contributed by atoms with E-state index < -0.39 is 0 Å². The summed E-state index contributed by atoms with van der Waals surface area (Å²) < 4.78 is 3.10. The molecule has 4 nitrogen and oxygen atoms in total. The Kier molecular flexibility index (Phi) is 4.10. The summed E-state index contributed by atoms with van der Waals surface area (Å²) in [5.74, 6) is -0.114. The van der Waals surface area contributed by atoms with E-state index in [0.29, 0.717) is 21.4 Å². The van der Waals surface area contributed by atoms with E-state index in [0.717, 1.165) is 4.47 Å². The molecule has 0 saturated carbocycles. The normalized spacial score (nSPS) is 11.0. The smallest absolute Gasteiger partial charge is 0.213 e. The van der Waals surface area contributed by atoms with Crippen LogP contribution >= 0.6 is 31.9 Å². The maximum Gasteiger partial charge on any atom is 0.213 e. The van der Waals surface area contributed by atoms with E-state index in [4.69, 9.17) is 5.73 Å². The number of carbonyl (C=O) groups excluding carboxylic acids is 1. The molecule has 0 bridgehead atoms. The lowest BCUT2D eigenvalue weighted by Crippen LogP contribution is -2.14. The summed E-state index contributed by atoms with van der Waals surface area (Å²) >= 11 is 6.76. The molecule has 19 heavy (non-hydrogen) atoms. The van der Waals surface area contributed by atoms with Gasteiger partial charge in [0.25, 0.3) is 0 Å². The minimum Gasteiger partial charge on any atom is -0.399 e. The van der Waals surface area contributed by atoms with Crippen molar-refractivity contribution in [3.05, 3.63) is 44.6 Å². The number of nitrogens with two attached hydrogens (primary N) is 1. The number of benzene rings is 1. The van der Waals surface area contributed by atoms with Crippen LogP contribution < -0.4 is 5.73 Å². The summed E-state index contributed by atoms with van der Waals surface area (Å²) in [7, 11) is 0. The second kappa shape index (κ2) is 5.46. The molecule has 2 rings (SSSR count). The number of carbonyl (C=O) groups is 1. The highest BCUT2D eigenvalue weighted by Crippen LogP contribution is 2.27. The van der Waals surface area contributed by atoms with Gasteiger partial charge in [0.15, 0.2) is 0 Å². The highest BCUT2D eigenvalue weighted by atomic mass is 79.9.